The van der Waals surface area contributed by atoms with Gasteiger partial charge in [-0.3, -0.25) is 14.4 Å². The molecule has 1 N–H and O–H groups in total. The van der Waals surface area contributed by atoms with Crippen LogP contribution in [0.3, 0.4) is 0 Å². The number of fused-ring (bicyclic) bond motifs is 1. The number of carbonyl (C=O) groups is 3. The number of benzene rings is 2. The number of hydrogen-bond acceptors (Lipinski definition) is 7. The molecule has 3 heterocycles. The summed E-state index contributed by atoms with van der Waals surface area (Å²) in [6, 6.07) is 14.7. The van der Waals surface area contributed by atoms with Crippen LogP contribution in [0.25, 0.3) is 16.5 Å². The van der Waals surface area contributed by atoms with E-state index in [9.17, 15) is 19.2 Å². The summed E-state index contributed by atoms with van der Waals surface area (Å²) in [5, 5.41) is 9.57. The first-order valence-electron chi connectivity index (χ1n) is 12.2. The van der Waals surface area contributed by atoms with Crippen LogP contribution in [0.15, 0.2) is 58.7 Å². The maximum absolute atomic E-state index is 13.6. The Morgan fingerprint density at radius 3 is 2.45 bits per heavy atom. The molecule has 10 heteroatoms. The van der Waals surface area contributed by atoms with Gasteiger partial charge in [0.2, 0.25) is 11.8 Å². The number of thiophene rings is 1. The SMILES string of the molecule is CCOC(=O)c1nn(-c2cccc(C)c2)c(=O)c2c(NC(=O)C3CC(=O)N(c4cccc(C)c4)C3)scc12. The highest BCUT2D eigenvalue weighted by molar-refractivity contribution is 7.16. The molecule has 0 radical (unpaired) electrons. The van der Waals surface area contributed by atoms with Gasteiger partial charge < -0.3 is 15.0 Å². The number of amides is 2. The van der Waals surface area contributed by atoms with E-state index in [1.165, 1.54) is 0 Å². The van der Waals surface area contributed by atoms with Crippen LogP contribution in [0.1, 0.15) is 35.0 Å². The van der Waals surface area contributed by atoms with Gasteiger partial charge in [-0.2, -0.15) is 9.78 Å². The zero-order chi connectivity index (χ0) is 27.0. The van der Waals surface area contributed by atoms with Gasteiger partial charge in [-0.1, -0.05) is 24.3 Å². The quantitative estimate of drug-likeness (QED) is 0.374. The molecule has 4 aromatic rings. The maximum atomic E-state index is 13.6. The maximum Gasteiger partial charge on any atom is 0.359 e. The zero-order valence-corrected chi connectivity index (χ0v) is 22.0. The van der Waals surface area contributed by atoms with E-state index < -0.39 is 17.4 Å². The van der Waals surface area contributed by atoms with Gasteiger partial charge in [0.25, 0.3) is 5.56 Å². The fourth-order valence-corrected chi connectivity index (χ4v) is 5.51. The van der Waals surface area contributed by atoms with E-state index in [1.54, 1.807) is 35.4 Å². The van der Waals surface area contributed by atoms with Crippen LogP contribution in [0.2, 0.25) is 0 Å². The Hall–Kier alpha value is -4.31. The lowest BCUT2D eigenvalue weighted by Crippen LogP contribution is -2.29. The lowest BCUT2D eigenvalue weighted by molar-refractivity contribution is -0.122. The van der Waals surface area contributed by atoms with Crippen molar-refractivity contribution < 1.29 is 19.1 Å². The summed E-state index contributed by atoms with van der Waals surface area (Å²) in [4.78, 5) is 54.0. The smallest absolute Gasteiger partial charge is 0.359 e. The second kappa shape index (κ2) is 10.2. The van der Waals surface area contributed by atoms with Gasteiger partial charge in [0.15, 0.2) is 5.69 Å². The molecule has 2 aromatic heterocycles. The highest BCUT2D eigenvalue weighted by Crippen LogP contribution is 2.32. The highest BCUT2D eigenvalue weighted by Gasteiger charge is 2.36. The minimum absolute atomic E-state index is 0.0126. The van der Waals surface area contributed by atoms with Gasteiger partial charge in [0, 0.05) is 29.4 Å². The molecule has 2 aromatic carbocycles. The third kappa shape index (κ3) is 4.70. The van der Waals surface area contributed by atoms with E-state index in [-0.39, 0.29) is 42.5 Å². The number of hydrogen-bond donors (Lipinski definition) is 1. The Bertz CT molecular complexity index is 1640. The van der Waals surface area contributed by atoms with Crippen molar-refractivity contribution in [2.75, 3.05) is 23.4 Å². The zero-order valence-electron chi connectivity index (χ0n) is 21.2. The number of aryl methyl sites for hydroxylation is 2. The van der Waals surface area contributed by atoms with Gasteiger partial charge in [-0.25, -0.2) is 4.79 Å². The fourth-order valence-electron chi connectivity index (χ4n) is 4.57. The molecule has 0 bridgehead atoms. The number of nitrogens with one attached hydrogen (secondary N) is 1. The number of anilines is 2. The van der Waals surface area contributed by atoms with Crippen molar-refractivity contribution in [1.29, 1.82) is 0 Å². The van der Waals surface area contributed by atoms with Gasteiger partial charge in [0.1, 0.15) is 5.00 Å². The summed E-state index contributed by atoms with van der Waals surface area (Å²) >= 11 is 1.13. The van der Waals surface area contributed by atoms with E-state index in [0.717, 1.165) is 32.8 Å². The van der Waals surface area contributed by atoms with Gasteiger partial charge in [0.05, 0.1) is 23.6 Å². The van der Waals surface area contributed by atoms with Crippen molar-refractivity contribution in [1.82, 2.24) is 9.78 Å². The molecule has 0 aliphatic carbocycles. The molecule has 9 nitrogen and oxygen atoms in total. The van der Waals surface area contributed by atoms with Crippen LogP contribution in [0.4, 0.5) is 10.7 Å². The van der Waals surface area contributed by atoms with Crippen LogP contribution >= 0.6 is 11.3 Å². The van der Waals surface area contributed by atoms with Gasteiger partial charge in [-0.05, 0) is 56.2 Å². The normalized spacial score (nSPS) is 15.2. The minimum atomic E-state index is -0.662. The third-order valence-electron chi connectivity index (χ3n) is 6.41. The summed E-state index contributed by atoms with van der Waals surface area (Å²) in [5.41, 5.74) is 2.68. The summed E-state index contributed by atoms with van der Waals surface area (Å²) in [6.45, 7) is 5.90. The molecule has 5 rings (SSSR count). The molecule has 1 saturated heterocycles. The third-order valence-corrected chi connectivity index (χ3v) is 7.31. The molecule has 1 aliphatic rings. The molecule has 1 fully saturated rings. The largest absolute Gasteiger partial charge is 0.461 e. The Labute approximate surface area is 222 Å². The number of nitrogens with zero attached hydrogens (tertiary/aromatic N) is 3. The molecule has 0 saturated carbocycles. The number of aromatic nitrogens is 2. The molecule has 2 amide bonds. The Morgan fingerprint density at radius 1 is 1.08 bits per heavy atom. The second-order valence-electron chi connectivity index (χ2n) is 9.21. The molecule has 1 atom stereocenters. The van der Waals surface area contributed by atoms with E-state index >= 15 is 0 Å². The molecular formula is C28H26N4O5S. The Morgan fingerprint density at radius 2 is 1.76 bits per heavy atom. The van der Waals surface area contributed by atoms with E-state index in [0.29, 0.717) is 16.1 Å². The Kier molecular flexibility index (Phi) is 6.81. The highest BCUT2D eigenvalue weighted by atomic mass is 32.1. The predicted octanol–water partition coefficient (Wildman–Crippen LogP) is 4.23. The van der Waals surface area contributed by atoms with Crippen LogP contribution < -0.4 is 15.8 Å². The topological polar surface area (TPSA) is 111 Å². The summed E-state index contributed by atoms with van der Waals surface area (Å²) in [7, 11) is 0. The standard InChI is InChI=1S/C28H26N4O5S/c1-4-37-28(36)24-21-15-38-26(23(21)27(35)32(30-24)20-10-6-8-17(3)12-20)29-25(34)18-13-22(33)31(14-18)19-9-5-7-16(2)11-19/h5-12,15,18H,4,13-14H2,1-3H3,(H,29,34). The summed E-state index contributed by atoms with van der Waals surface area (Å²) in [6.07, 6.45) is 0.0617. The van der Waals surface area contributed by atoms with Gasteiger partial charge >= 0.3 is 5.97 Å². The molecule has 38 heavy (non-hydrogen) atoms. The molecule has 1 aliphatic heterocycles. The van der Waals surface area contributed by atoms with E-state index in [1.807, 2.05) is 44.2 Å². The first kappa shape index (κ1) is 25.3. The lowest BCUT2D eigenvalue weighted by Gasteiger charge is -2.17. The fraction of sp³-hybridized carbons (Fsp3) is 0.250. The molecule has 194 valence electrons. The van der Waals surface area contributed by atoms with Crippen LogP contribution in [-0.2, 0) is 14.3 Å². The lowest BCUT2D eigenvalue weighted by atomic mass is 10.1. The molecule has 1 unspecified atom stereocenters. The summed E-state index contributed by atoms with van der Waals surface area (Å²) in [5.74, 6) is -1.76. The van der Waals surface area contributed by atoms with E-state index in [2.05, 4.69) is 10.4 Å². The van der Waals surface area contributed by atoms with Crippen LogP contribution in [0.5, 0.6) is 0 Å². The van der Waals surface area contributed by atoms with Crippen molar-refractivity contribution in [3.8, 4) is 5.69 Å². The van der Waals surface area contributed by atoms with Crippen molar-refractivity contribution in [3.05, 3.63) is 81.1 Å². The van der Waals surface area contributed by atoms with Crippen LogP contribution in [0, 0.1) is 19.8 Å². The monoisotopic (exact) mass is 530 g/mol. The predicted molar refractivity (Wildman–Crippen MR) is 146 cm³/mol. The number of ether oxygens (including phenoxy) is 1. The Balaban J connectivity index is 1.51. The average molecular weight is 531 g/mol. The van der Waals surface area contributed by atoms with Crippen molar-refractivity contribution in [3.63, 3.8) is 0 Å². The van der Waals surface area contributed by atoms with Crippen molar-refractivity contribution in [2.45, 2.75) is 27.2 Å². The van der Waals surface area contributed by atoms with Crippen molar-refractivity contribution >= 4 is 50.6 Å². The van der Waals surface area contributed by atoms with Crippen molar-refractivity contribution in [2.24, 2.45) is 5.92 Å². The number of carbonyl (C=O) groups excluding carboxylic acids is 3. The summed E-state index contributed by atoms with van der Waals surface area (Å²) < 4.78 is 6.35. The first-order chi connectivity index (χ1) is 18.3. The minimum Gasteiger partial charge on any atom is -0.461 e. The molecule has 0 spiro atoms. The first-order valence-corrected chi connectivity index (χ1v) is 13.1. The average Bonchev–Trinajstić information content (AvgIpc) is 3.48. The number of rotatable bonds is 6. The number of esters is 1. The van der Waals surface area contributed by atoms with Crippen LogP contribution in [-0.4, -0.2) is 40.7 Å². The molecular weight excluding hydrogens is 504 g/mol. The van der Waals surface area contributed by atoms with E-state index in [4.69, 9.17) is 4.74 Å². The second-order valence-corrected chi connectivity index (χ2v) is 10.1. The van der Waals surface area contributed by atoms with Gasteiger partial charge in [-0.15, -0.1) is 11.3 Å².